The first-order valence-corrected chi connectivity index (χ1v) is 23.3. The smallest absolute Gasteiger partial charge is 0.226 e. The summed E-state index contributed by atoms with van der Waals surface area (Å²) in [4.78, 5) is 12.7. The van der Waals surface area contributed by atoms with Crippen molar-refractivity contribution < 1.29 is 9.37 Å². The van der Waals surface area contributed by atoms with Crippen LogP contribution in [0.4, 0.5) is 0 Å². The molecule has 0 radical (unpaired) electrons. The molecule has 0 aromatic carbocycles. The van der Waals surface area contributed by atoms with Gasteiger partial charge in [0, 0.05) is 19.8 Å². The highest BCUT2D eigenvalue weighted by molar-refractivity contribution is 5.76. The van der Waals surface area contributed by atoms with Crippen molar-refractivity contribution in [1.29, 1.82) is 0 Å². The number of rotatable bonds is 40. The summed E-state index contributed by atoms with van der Waals surface area (Å²) in [6.45, 7) is 7.67. The lowest BCUT2D eigenvalue weighted by molar-refractivity contribution is -0.595. The molecule has 0 aromatic heterocycles. The summed E-state index contributed by atoms with van der Waals surface area (Å²) in [5.41, 5.74) is 0. The number of amides is 1. The van der Waals surface area contributed by atoms with Crippen LogP contribution in [-0.2, 0) is 4.79 Å². The van der Waals surface area contributed by atoms with E-state index in [9.17, 15) is 4.79 Å². The average molecular weight is 703 g/mol. The third kappa shape index (κ3) is 30.7. The van der Waals surface area contributed by atoms with E-state index >= 15 is 0 Å². The third-order valence-electron chi connectivity index (χ3n) is 11.4. The van der Waals surface area contributed by atoms with Crippen LogP contribution in [0.25, 0.3) is 0 Å². The molecule has 1 rings (SSSR count). The summed E-state index contributed by atoms with van der Waals surface area (Å²) in [6.07, 6.45) is 55.0. The third-order valence-corrected chi connectivity index (χ3v) is 11.4. The van der Waals surface area contributed by atoms with Crippen molar-refractivity contribution in [3.05, 3.63) is 0 Å². The van der Waals surface area contributed by atoms with Gasteiger partial charge in [-0.3, -0.25) is 10.1 Å². The molecule has 0 saturated heterocycles. The molecule has 4 nitrogen and oxygen atoms in total. The minimum absolute atomic E-state index is 0.0774. The van der Waals surface area contributed by atoms with Crippen LogP contribution in [0, 0.1) is 0 Å². The van der Waals surface area contributed by atoms with Crippen LogP contribution in [0.2, 0.25) is 0 Å². The summed E-state index contributed by atoms with van der Waals surface area (Å²) < 4.78 is 2.36. The maximum atomic E-state index is 12.7. The van der Waals surface area contributed by atoms with Gasteiger partial charge in [-0.1, -0.05) is 232 Å². The summed E-state index contributed by atoms with van der Waals surface area (Å²) in [6, 6.07) is 0. The highest BCUT2D eigenvalue weighted by Gasteiger charge is 2.30. The second-order valence-electron chi connectivity index (χ2n) is 16.4. The standard InChI is InChI=1S/C46H91N3O/c1-4-6-8-10-12-14-16-18-20-22-23-25-27-29-31-33-35-37-39-41-46(50)48-44(3)49-43-42-47-45(49)40-38-36-34-32-30-28-26-24-21-19-17-15-13-11-9-7-5-2/h43-45,47H,4-42H2,1-3H3/p+1. The average Bonchev–Trinajstić information content (AvgIpc) is 3.59. The molecule has 0 aromatic rings. The van der Waals surface area contributed by atoms with Crippen LogP contribution in [0.5, 0.6) is 0 Å². The van der Waals surface area contributed by atoms with Crippen molar-refractivity contribution in [3.8, 4) is 0 Å². The van der Waals surface area contributed by atoms with Crippen molar-refractivity contribution in [2.75, 3.05) is 6.54 Å². The Kier molecular flexibility index (Phi) is 35.7. The van der Waals surface area contributed by atoms with Crippen LogP contribution < -0.4 is 10.6 Å². The van der Waals surface area contributed by atoms with Gasteiger partial charge in [0.25, 0.3) is 0 Å². The van der Waals surface area contributed by atoms with Crippen molar-refractivity contribution in [2.45, 2.75) is 277 Å². The monoisotopic (exact) mass is 703 g/mol. The summed E-state index contributed by atoms with van der Waals surface area (Å²) in [5.74, 6) is 0.223. The van der Waals surface area contributed by atoms with E-state index < -0.39 is 0 Å². The Morgan fingerprint density at radius 3 is 1.16 bits per heavy atom. The molecular formula is C46H92N3O+. The van der Waals surface area contributed by atoms with Gasteiger partial charge >= 0.3 is 0 Å². The fourth-order valence-electron chi connectivity index (χ4n) is 8.01. The van der Waals surface area contributed by atoms with Gasteiger partial charge in [0.2, 0.25) is 18.2 Å². The molecule has 296 valence electrons. The summed E-state index contributed by atoms with van der Waals surface area (Å²) in [5, 5.41) is 6.93. The van der Waals surface area contributed by atoms with Gasteiger partial charge in [-0.25, -0.2) is 9.89 Å². The predicted octanol–water partition coefficient (Wildman–Crippen LogP) is 14.3. The Bertz CT molecular complexity index is 737. The number of unbranched alkanes of at least 4 members (excludes halogenated alkanes) is 34. The number of hydrogen-bond donors (Lipinski definition) is 2. The van der Waals surface area contributed by atoms with Crippen molar-refractivity contribution in [2.24, 2.45) is 0 Å². The lowest BCUT2D eigenvalue weighted by Crippen LogP contribution is -2.46. The van der Waals surface area contributed by atoms with Gasteiger partial charge < -0.3 is 0 Å². The van der Waals surface area contributed by atoms with Gasteiger partial charge in [-0.2, -0.15) is 0 Å². The van der Waals surface area contributed by atoms with Gasteiger partial charge in [0.05, 0.1) is 6.54 Å². The van der Waals surface area contributed by atoms with Gasteiger partial charge in [0.15, 0.2) is 6.21 Å². The van der Waals surface area contributed by atoms with Crippen LogP contribution in [0.1, 0.15) is 265 Å². The number of carbonyl (C=O) groups is 1. The Balaban J connectivity index is 1.87. The molecule has 2 unspecified atom stereocenters. The number of nitrogens with zero attached hydrogens (tertiary/aromatic N) is 1. The lowest BCUT2D eigenvalue weighted by atomic mass is 10.0. The molecule has 2 N–H and O–H groups in total. The van der Waals surface area contributed by atoms with Crippen LogP contribution >= 0.6 is 0 Å². The summed E-state index contributed by atoms with van der Waals surface area (Å²) >= 11 is 0. The first-order chi connectivity index (χ1) is 24.7. The molecule has 4 heteroatoms. The van der Waals surface area contributed by atoms with Crippen LogP contribution in [-0.4, -0.2) is 35.6 Å². The predicted molar refractivity (Wildman–Crippen MR) is 223 cm³/mol. The molecule has 1 heterocycles. The number of hydrogen-bond acceptors (Lipinski definition) is 2. The second kappa shape index (κ2) is 37.8. The quantitative estimate of drug-likeness (QED) is 0.0493. The molecule has 1 amide bonds. The molecule has 1 aliphatic heterocycles. The van der Waals surface area contributed by atoms with Gasteiger partial charge in [0.1, 0.15) is 0 Å². The molecular weight excluding hydrogens is 611 g/mol. The molecule has 50 heavy (non-hydrogen) atoms. The summed E-state index contributed by atoms with van der Waals surface area (Å²) in [7, 11) is 0. The van der Waals surface area contributed by atoms with E-state index in [0.717, 1.165) is 13.0 Å². The van der Waals surface area contributed by atoms with Gasteiger partial charge in [-0.05, 0) is 12.8 Å². The first kappa shape index (κ1) is 47.1. The molecule has 0 spiro atoms. The molecule has 0 bridgehead atoms. The van der Waals surface area contributed by atoms with E-state index in [1.54, 1.807) is 0 Å². The minimum Gasteiger partial charge on any atom is -0.299 e. The SMILES string of the molecule is CCCCCCCCCCCCCCCCCCCCCC(=O)NC(C)[N+]1=CCNC1CCCCCCCCCCCCCCCCCCC. The molecule has 1 aliphatic rings. The minimum atomic E-state index is 0.0774. The fraction of sp³-hybridized carbons (Fsp3) is 0.957. The van der Waals surface area contributed by atoms with E-state index in [1.165, 1.54) is 231 Å². The van der Waals surface area contributed by atoms with Gasteiger partial charge in [-0.15, -0.1) is 0 Å². The topological polar surface area (TPSA) is 44.1 Å². The Hall–Kier alpha value is -0.900. The number of carbonyl (C=O) groups excluding carboxylic acids is 1. The molecule has 0 aliphatic carbocycles. The molecule has 0 saturated carbocycles. The lowest BCUT2D eigenvalue weighted by Gasteiger charge is -2.17. The zero-order chi connectivity index (χ0) is 36.0. The first-order valence-electron chi connectivity index (χ1n) is 23.3. The van der Waals surface area contributed by atoms with Crippen molar-refractivity contribution >= 4 is 12.1 Å². The van der Waals surface area contributed by atoms with E-state index in [-0.39, 0.29) is 12.1 Å². The Morgan fingerprint density at radius 2 is 0.820 bits per heavy atom. The Labute approximate surface area is 315 Å². The van der Waals surface area contributed by atoms with Crippen molar-refractivity contribution in [3.63, 3.8) is 0 Å². The normalized spacial score (nSPS) is 15.1. The van der Waals surface area contributed by atoms with Crippen LogP contribution in [0.3, 0.4) is 0 Å². The molecule has 0 fully saturated rings. The maximum absolute atomic E-state index is 12.7. The largest absolute Gasteiger partial charge is 0.299 e. The number of nitrogens with one attached hydrogen (secondary N) is 2. The van der Waals surface area contributed by atoms with E-state index in [2.05, 4.69) is 42.2 Å². The molecule has 2 atom stereocenters. The van der Waals surface area contributed by atoms with E-state index in [1.807, 2.05) is 0 Å². The zero-order valence-corrected chi connectivity index (χ0v) is 34.7. The van der Waals surface area contributed by atoms with Crippen LogP contribution in [0.15, 0.2) is 0 Å². The van der Waals surface area contributed by atoms with E-state index in [0.29, 0.717) is 12.6 Å². The highest BCUT2D eigenvalue weighted by atomic mass is 16.1. The van der Waals surface area contributed by atoms with E-state index in [4.69, 9.17) is 0 Å². The maximum Gasteiger partial charge on any atom is 0.226 e. The zero-order valence-electron chi connectivity index (χ0n) is 34.7. The highest BCUT2D eigenvalue weighted by Crippen LogP contribution is 2.17. The van der Waals surface area contributed by atoms with Crippen molar-refractivity contribution in [1.82, 2.24) is 10.6 Å². The second-order valence-corrected chi connectivity index (χ2v) is 16.4. The Morgan fingerprint density at radius 1 is 0.520 bits per heavy atom. The fourth-order valence-corrected chi connectivity index (χ4v) is 8.01.